The molecule has 1 aliphatic rings. The summed E-state index contributed by atoms with van der Waals surface area (Å²) in [7, 11) is 0. The maximum Gasteiger partial charge on any atom is 0.321 e. The zero-order valence-electron chi connectivity index (χ0n) is 15.1. The third-order valence-corrected chi connectivity index (χ3v) is 5.06. The van der Waals surface area contributed by atoms with Gasteiger partial charge in [-0.25, -0.2) is 9.78 Å². The van der Waals surface area contributed by atoms with E-state index in [0.717, 1.165) is 5.69 Å². The Morgan fingerprint density at radius 1 is 1.36 bits per heavy atom. The molecule has 0 saturated carbocycles. The summed E-state index contributed by atoms with van der Waals surface area (Å²) in [6.45, 7) is 2.42. The average Bonchev–Trinajstić information content (AvgIpc) is 3.22. The lowest BCUT2D eigenvalue weighted by Crippen LogP contribution is -2.39. The molecule has 1 saturated heterocycles. The summed E-state index contributed by atoms with van der Waals surface area (Å²) in [6, 6.07) is 6.20. The third-order valence-electron chi connectivity index (χ3n) is 4.00. The number of hydrogen-bond donors (Lipinski definition) is 2. The van der Waals surface area contributed by atoms with Gasteiger partial charge in [-0.15, -0.1) is 11.3 Å². The van der Waals surface area contributed by atoms with Crippen LogP contribution in [0.5, 0.6) is 0 Å². The van der Waals surface area contributed by atoms with E-state index >= 15 is 0 Å². The van der Waals surface area contributed by atoms with Gasteiger partial charge in [-0.2, -0.15) is 0 Å². The monoisotopic (exact) mass is 422 g/mol. The minimum atomic E-state index is -0.451. The van der Waals surface area contributed by atoms with Crippen LogP contribution in [0.15, 0.2) is 29.6 Å². The first kappa shape index (κ1) is 20.1. The standard InChI is InChI=1S/C18H19ClN4O4S/c1-2-27-16(25)8-13-10-28-18(21-13)22-17(26)20-12-7-15(24)23(9-12)14-5-3-11(19)4-6-14/h3-6,10,12H,2,7-9H2,1H3,(H2,20,21,22,26). The van der Waals surface area contributed by atoms with Crippen molar-refractivity contribution in [3.05, 3.63) is 40.4 Å². The van der Waals surface area contributed by atoms with Crippen LogP contribution in [0.25, 0.3) is 0 Å². The molecular weight excluding hydrogens is 404 g/mol. The molecule has 1 fully saturated rings. The zero-order chi connectivity index (χ0) is 20.1. The first-order chi connectivity index (χ1) is 13.4. The number of thiazole rings is 1. The SMILES string of the molecule is CCOC(=O)Cc1csc(NC(=O)NC2CC(=O)N(c3ccc(Cl)cc3)C2)n1. The van der Waals surface area contributed by atoms with Crippen LogP contribution >= 0.6 is 22.9 Å². The van der Waals surface area contributed by atoms with Crippen molar-refractivity contribution in [2.24, 2.45) is 0 Å². The summed E-state index contributed by atoms with van der Waals surface area (Å²) in [5, 5.41) is 8.06. The first-order valence-electron chi connectivity index (χ1n) is 8.68. The van der Waals surface area contributed by atoms with Gasteiger partial charge in [0, 0.05) is 29.1 Å². The van der Waals surface area contributed by atoms with E-state index in [1.807, 2.05) is 0 Å². The lowest BCUT2D eigenvalue weighted by molar-refractivity contribution is -0.142. The number of urea groups is 1. The van der Waals surface area contributed by atoms with Gasteiger partial charge in [0.1, 0.15) is 0 Å². The summed E-state index contributed by atoms with van der Waals surface area (Å²) < 4.78 is 4.87. The van der Waals surface area contributed by atoms with E-state index in [9.17, 15) is 14.4 Å². The van der Waals surface area contributed by atoms with Crippen LogP contribution in [-0.4, -0.2) is 42.1 Å². The number of ether oxygens (including phenoxy) is 1. The van der Waals surface area contributed by atoms with Crippen LogP contribution in [0.1, 0.15) is 19.0 Å². The summed E-state index contributed by atoms with van der Waals surface area (Å²) in [5.74, 6) is -0.436. The van der Waals surface area contributed by atoms with Gasteiger partial charge in [0.15, 0.2) is 5.13 Å². The Balaban J connectivity index is 1.51. The van der Waals surface area contributed by atoms with E-state index in [-0.39, 0.29) is 30.8 Å². The van der Waals surface area contributed by atoms with Crippen LogP contribution in [0.2, 0.25) is 5.02 Å². The molecule has 2 heterocycles. The van der Waals surface area contributed by atoms with E-state index in [4.69, 9.17) is 16.3 Å². The molecule has 0 aliphatic carbocycles. The van der Waals surface area contributed by atoms with Crippen LogP contribution in [-0.2, 0) is 20.7 Å². The molecule has 1 aromatic carbocycles. The lowest BCUT2D eigenvalue weighted by atomic mass is 10.2. The molecule has 2 N–H and O–H groups in total. The molecule has 0 radical (unpaired) electrons. The molecule has 8 nitrogen and oxygen atoms in total. The van der Waals surface area contributed by atoms with Crippen LogP contribution in [0.4, 0.5) is 15.6 Å². The minimum absolute atomic E-state index is 0.0564. The highest BCUT2D eigenvalue weighted by molar-refractivity contribution is 7.13. The average molecular weight is 423 g/mol. The van der Waals surface area contributed by atoms with Crippen LogP contribution < -0.4 is 15.5 Å². The number of hydrogen-bond acceptors (Lipinski definition) is 6. The molecule has 0 bridgehead atoms. The number of nitrogens with zero attached hydrogens (tertiary/aromatic N) is 2. The Kier molecular flexibility index (Phi) is 6.48. The Labute approximate surface area is 170 Å². The minimum Gasteiger partial charge on any atom is -0.466 e. The predicted molar refractivity (Wildman–Crippen MR) is 107 cm³/mol. The van der Waals surface area contributed by atoms with Crippen LogP contribution in [0.3, 0.4) is 0 Å². The number of nitrogens with one attached hydrogen (secondary N) is 2. The molecule has 28 heavy (non-hydrogen) atoms. The Bertz CT molecular complexity index is 871. The quantitative estimate of drug-likeness (QED) is 0.697. The summed E-state index contributed by atoms with van der Waals surface area (Å²) in [4.78, 5) is 41.7. The van der Waals surface area contributed by atoms with Crippen molar-refractivity contribution in [3.8, 4) is 0 Å². The zero-order valence-corrected chi connectivity index (χ0v) is 16.7. The van der Waals surface area contributed by atoms with Gasteiger partial charge in [-0.3, -0.25) is 14.9 Å². The van der Waals surface area contributed by atoms with Crippen molar-refractivity contribution in [2.75, 3.05) is 23.4 Å². The second-order valence-electron chi connectivity index (χ2n) is 6.11. The first-order valence-corrected chi connectivity index (χ1v) is 9.94. The van der Waals surface area contributed by atoms with E-state index < -0.39 is 6.03 Å². The molecule has 148 valence electrons. The highest BCUT2D eigenvalue weighted by Gasteiger charge is 2.31. The van der Waals surface area contributed by atoms with Crippen molar-refractivity contribution in [3.63, 3.8) is 0 Å². The molecule has 1 aliphatic heterocycles. The molecule has 3 rings (SSSR count). The predicted octanol–water partition coefficient (Wildman–Crippen LogP) is 2.83. The molecule has 1 unspecified atom stereocenters. The third kappa shape index (κ3) is 5.20. The van der Waals surface area contributed by atoms with Gasteiger partial charge in [0.2, 0.25) is 5.91 Å². The molecule has 1 aromatic heterocycles. The van der Waals surface area contributed by atoms with Crippen LogP contribution in [0, 0.1) is 0 Å². The number of anilines is 2. The fraction of sp³-hybridized carbons (Fsp3) is 0.333. The van der Waals surface area contributed by atoms with Crippen molar-refractivity contribution in [1.29, 1.82) is 0 Å². The molecular formula is C18H19ClN4O4S. The second kappa shape index (κ2) is 9.03. The number of carbonyl (C=O) groups excluding carboxylic acids is 3. The Morgan fingerprint density at radius 2 is 2.11 bits per heavy atom. The molecule has 3 amide bonds. The van der Waals surface area contributed by atoms with Crippen molar-refractivity contribution < 1.29 is 19.1 Å². The Morgan fingerprint density at radius 3 is 2.82 bits per heavy atom. The number of esters is 1. The van der Waals surface area contributed by atoms with Gasteiger partial charge < -0.3 is 15.0 Å². The van der Waals surface area contributed by atoms with E-state index in [1.165, 1.54) is 11.3 Å². The highest BCUT2D eigenvalue weighted by atomic mass is 35.5. The largest absolute Gasteiger partial charge is 0.466 e. The van der Waals surface area contributed by atoms with E-state index in [1.54, 1.807) is 41.5 Å². The second-order valence-corrected chi connectivity index (χ2v) is 7.40. The normalized spacial score (nSPS) is 16.1. The number of benzene rings is 1. The molecule has 1 atom stereocenters. The molecule has 10 heteroatoms. The fourth-order valence-electron chi connectivity index (χ4n) is 2.80. The topological polar surface area (TPSA) is 101 Å². The summed E-state index contributed by atoms with van der Waals surface area (Å²) in [6.07, 6.45) is 0.267. The number of aromatic nitrogens is 1. The maximum absolute atomic E-state index is 12.2. The summed E-state index contributed by atoms with van der Waals surface area (Å²) >= 11 is 7.09. The Hall–Kier alpha value is -2.65. The maximum atomic E-state index is 12.2. The van der Waals surface area contributed by atoms with Gasteiger partial charge in [-0.1, -0.05) is 11.6 Å². The fourth-order valence-corrected chi connectivity index (χ4v) is 3.63. The van der Waals surface area contributed by atoms with Crippen molar-refractivity contribution in [2.45, 2.75) is 25.8 Å². The van der Waals surface area contributed by atoms with Crippen molar-refractivity contribution >= 4 is 51.7 Å². The molecule has 0 spiro atoms. The van der Waals surface area contributed by atoms with Gasteiger partial charge in [-0.05, 0) is 31.2 Å². The van der Waals surface area contributed by atoms with Gasteiger partial charge >= 0.3 is 12.0 Å². The number of halogens is 1. The van der Waals surface area contributed by atoms with Crippen molar-refractivity contribution in [1.82, 2.24) is 10.3 Å². The lowest BCUT2D eigenvalue weighted by Gasteiger charge is -2.17. The van der Waals surface area contributed by atoms with Gasteiger partial charge in [0.25, 0.3) is 0 Å². The van der Waals surface area contributed by atoms with E-state index in [0.29, 0.717) is 29.0 Å². The number of carbonyl (C=O) groups is 3. The van der Waals surface area contributed by atoms with Gasteiger partial charge in [0.05, 0.1) is 24.8 Å². The summed E-state index contributed by atoms with van der Waals surface area (Å²) in [5.41, 5.74) is 1.27. The number of amides is 3. The smallest absolute Gasteiger partial charge is 0.321 e. The highest BCUT2D eigenvalue weighted by Crippen LogP contribution is 2.23. The van der Waals surface area contributed by atoms with E-state index in [2.05, 4.69) is 15.6 Å². The number of rotatable bonds is 6. The molecule has 2 aromatic rings.